The molecule has 140 valence electrons. The minimum absolute atomic E-state index is 0.595. The monoisotopic (exact) mass is 378 g/mol. The Hall–Kier alpha value is -1.98. The van der Waals surface area contributed by atoms with Gasteiger partial charge in [-0.05, 0) is 0 Å². The molecule has 0 aromatic heterocycles. The Balaban J connectivity index is 1.86. The molecule has 0 N–H and O–H groups in total. The standard InChI is InChI=1S/C25H28FP/c26-22-18-16-21(17-19-22)20-27(23-10-4-1-5-11-23,24-12-6-2-7-13-24)25-14-8-3-9-15-25/h1-15,21-22,27H,16-20H2. The zero-order chi connectivity index (χ0) is 18.5. The molecule has 27 heavy (non-hydrogen) atoms. The van der Waals surface area contributed by atoms with Crippen LogP contribution in [0.2, 0.25) is 0 Å². The predicted molar refractivity (Wildman–Crippen MR) is 118 cm³/mol. The van der Waals surface area contributed by atoms with Gasteiger partial charge in [0, 0.05) is 0 Å². The van der Waals surface area contributed by atoms with Gasteiger partial charge in [-0.15, -0.1) is 0 Å². The number of halogens is 1. The average Bonchev–Trinajstić information content (AvgIpc) is 2.75. The molecule has 4 rings (SSSR count). The molecule has 1 aliphatic rings. The summed E-state index contributed by atoms with van der Waals surface area (Å²) in [5, 5.41) is 4.39. The van der Waals surface area contributed by atoms with Crippen molar-refractivity contribution in [3.8, 4) is 0 Å². The van der Waals surface area contributed by atoms with Gasteiger partial charge in [0.1, 0.15) is 0 Å². The fourth-order valence-electron chi connectivity index (χ4n) is 4.78. The quantitative estimate of drug-likeness (QED) is 0.533. The first-order chi connectivity index (χ1) is 13.3. The van der Waals surface area contributed by atoms with Crippen LogP contribution < -0.4 is 15.9 Å². The van der Waals surface area contributed by atoms with Crippen LogP contribution in [0.3, 0.4) is 0 Å². The van der Waals surface area contributed by atoms with Crippen LogP contribution in [-0.4, -0.2) is 12.3 Å². The zero-order valence-corrected chi connectivity index (χ0v) is 16.7. The van der Waals surface area contributed by atoms with Crippen molar-refractivity contribution < 1.29 is 4.39 Å². The van der Waals surface area contributed by atoms with Crippen LogP contribution in [-0.2, 0) is 0 Å². The van der Waals surface area contributed by atoms with Crippen LogP contribution in [0.5, 0.6) is 0 Å². The van der Waals surface area contributed by atoms with Crippen LogP contribution in [0.4, 0.5) is 4.39 Å². The number of benzene rings is 3. The van der Waals surface area contributed by atoms with Crippen molar-refractivity contribution >= 4 is 23.2 Å². The Morgan fingerprint density at radius 2 is 0.963 bits per heavy atom. The van der Waals surface area contributed by atoms with Gasteiger partial charge in [-0.25, -0.2) is 0 Å². The number of hydrogen-bond donors (Lipinski definition) is 0. The molecule has 0 spiro atoms. The molecule has 0 radical (unpaired) electrons. The summed E-state index contributed by atoms with van der Waals surface area (Å²) in [7, 11) is -2.16. The van der Waals surface area contributed by atoms with Crippen LogP contribution in [0, 0.1) is 5.92 Å². The maximum atomic E-state index is 13.8. The van der Waals surface area contributed by atoms with Crippen molar-refractivity contribution in [1.82, 2.24) is 0 Å². The number of alkyl halides is 1. The third-order valence-electron chi connectivity index (χ3n) is 6.17. The molecule has 0 nitrogen and oxygen atoms in total. The van der Waals surface area contributed by atoms with Gasteiger partial charge in [-0.1, -0.05) is 0 Å². The Kier molecular flexibility index (Phi) is 5.69. The van der Waals surface area contributed by atoms with E-state index in [1.165, 1.54) is 15.9 Å². The first-order valence-corrected chi connectivity index (χ1v) is 12.3. The molecule has 1 aliphatic carbocycles. The number of hydrogen-bond acceptors (Lipinski definition) is 0. The van der Waals surface area contributed by atoms with Crippen LogP contribution in [0.1, 0.15) is 25.7 Å². The summed E-state index contributed by atoms with van der Waals surface area (Å²) in [6.07, 6.45) is 4.06. The predicted octanol–water partition coefficient (Wildman–Crippen LogP) is 5.24. The van der Waals surface area contributed by atoms with Crippen LogP contribution in [0.25, 0.3) is 0 Å². The summed E-state index contributed by atoms with van der Waals surface area (Å²) in [5.74, 6) is 0.601. The van der Waals surface area contributed by atoms with Gasteiger partial charge in [-0.2, -0.15) is 0 Å². The van der Waals surface area contributed by atoms with Crippen molar-refractivity contribution in [1.29, 1.82) is 0 Å². The topological polar surface area (TPSA) is 0 Å². The van der Waals surface area contributed by atoms with Gasteiger partial charge >= 0.3 is 162 Å². The van der Waals surface area contributed by atoms with E-state index in [0.717, 1.165) is 31.8 Å². The third kappa shape index (κ3) is 3.85. The molecule has 1 saturated carbocycles. The summed E-state index contributed by atoms with van der Waals surface area (Å²) >= 11 is 0. The molecule has 0 heterocycles. The molecule has 0 unspecified atom stereocenters. The minimum atomic E-state index is -2.16. The van der Waals surface area contributed by atoms with Gasteiger partial charge in [-0.3, -0.25) is 0 Å². The molecule has 2 heteroatoms. The Morgan fingerprint density at radius 3 is 1.33 bits per heavy atom. The summed E-state index contributed by atoms with van der Waals surface area (Å²) in [6, 6.07) is 33.2. The summed E-state index contributed by atoms with van der Waals surface area (Å²) in [5.41, 5.74) is 0. The second kappa shape index (κ2) is 8.36. The molecule has 0 atom stereocenters. The van der Waals surface area contributed by atoms with Crippen LogP contribution in [0.15, 0.2) is 91.0 Å². The second-order valence-corrected chi connectivity index (χ2v) is 11.8. The van der Waals surface area contributed by atoms with Crippen molar-refractivity contribution in [3.63, 3.8) is 0 Å². The average molecular weight is 378 g/mol. The van der Waals surface area contributed by atoms with Crippen molar-refractivity contribution in [3.05, 3.63) is 91.0 Å². The van der Waals surface area contributed by atoms with E-state index in [4.69, 9.17) is 0 Å². The fourth-order valence-corrected chi connectivity index (χ4v) is 10.0. The Bertz CT molecular complexity index is 727. The third-order valence-corrected chi connectivity index (χ3v) is 11.3. The molecular formula is C25H28FP. The first-order valence-electron chi connectivity index (χ1n) is 10.1. The van der Waals surface area contributed by atoms with E-state index in [9.17, 15) is 4.39 Å². The van der Waals surface area contributed by atoms with E-state index < -0.39 is 13.4 Å². The van der Waals surface area contributed by atoms with Gasteiger partial charge in [0.2, 0.25) is 0 Å². The van der Waals surface area contributed by atoms with Crippen molar-refractivity contribution in [2.75, 3.05) is 6.16 Å². The molecule has 0 bridgehead atoms. The molecular weight excluding hydrogens is 350 g/mol. The molecule has 3 aromatic rings. The maximum absolute atomic E-state index is 13.8. The zero-order valence-electron chi connectivity index (χ0n) is 15.7. The molecule has 3 aromatic carbocycles. The summed E-state index contributed by atoms with van der Waals surface area (Å²) in [6.45, 7) is 0. The van der Waals surface area contributed by atoms with Gasteiger partial charge < -0.3 is 0 Å². The van der Waals surface area contributed by atoms with E-state index in [-0.39, 0.29) is 0 Å². The summed E-state index contributed by atoms with van der Waals surface area (Å²) in [4.78, 5) is 0. The second-order valence-electron chi connectivity index (χ2n) is 7.83. The SMILES string of the molecule is FC1CCC(C[PH](c2ccccc2)(c2ccccc2)c2ccccc2)CC1. The summed E-state index contributed by atoms with van der Waals surface area (Å²) < 4.78 is 13.8. The molecule has 1 fully saturated rings. The Labute approximate surface area is 162 Å². The van der Waals surface area contributed by atoms with E-state index >= 15 is 0 Å². The van der Waals surface area contributed by atoms with Gasteiger partial charge in [0.25, 0.3) is 0 Å². The van der Waals surface area contributed by atoms with Gasteiger partial charge in [0.15, 0.2) is 0 Å². The molecule has 0 aliphatic heterocycles. The van der Waals surface area contributed by atoms with Crippen LogP contribution >= 0.6 is 7.26 Å². The van der Waals surface area contributed by atoms with Crippen molar-refractivity contribution in [2.24, 2.45) is 5.92 Å². The molecule has 0 saturated heterocycles. The van der Waals surface area contributed by atoms with E-state index in [0.29, 0.717) is 5.92 Å². The number of rotatable bonds is 5. The Morgan fingerprint density at radius 1 is 0.593 bits per heavy atom. The van der Waals surface area contributed by atoms with E-state index in [1.54, 1.807) is 0 Å². The van der Waals surface area contributed by atoms with E-state index in [1.807, 2.05) is 0 Å². The van der Waals surface area contributed by atoms with Crippen molar-refractivity contribution in [2.45, 2.75) is 31.9 Å². The van der Waals surface area contributed by atoms with E-state index in [2.05, 4.69) is 91.0 Å². The first kappa shape index (κ1) is 18.4. The fraction of sp³-hybridized carbons (Fsp3) is 0.280. The normalized spacial score (nSPS) is 20.9. The van der Waals surface area contributed by atoms with Gasteiger partial charge in [0.05, 0.1) is 0 Å². The molecule has 0 amide bonds.